The normalized spacial score (nSPS) is 11.2. The van der Waals surface area contributed by atoms with Crippen molar-refractivity contribution >= 4 is 27.0 Å². The molecule has 0 saturated carbocycles. The highest BCUT2D eigenvalue weighted by molar-refractivity contribution is 9.08. The molecule has 0 unspecified atom stereocenters. The third-order valence-electron chi connectivity index (χ3n) is 1.76. The molecule has 0 aliphatic heterocycles. The summed E-state index contributed by atoms with van der Waals surface area (Å²) >= 11 is 3.17. The number of halogens is 3. The Morgan fingerprint density at radius 2 is 2.27 bits per heavy atom. The van der Waals surface area contributed by atoms with Gasteiger partial charge in [0.1, 0.15) is 0 Å². The number of alkyl halides is 3. The van der Waals surface area contributed by atoms with Gasteiger partial charge in [-0.3, -0.25) is 0 Å². The number of nitrogens with zero attached hydrogens (tertiary/aromatic N) is 1. The molecule has 1 heterocycles. The van der Waals surface area contributed by atoms with Gasteiger partial charge in [-0.05, 0) is 12.1 Å². The van der Waals surface area contributed by atoms with Crippen molar-refractivity contribution < 1.29 is 17.9 Å². The van der Waals surface area contributed by atoms with E-state index in [2.05, 4.69) is 25.7 Å². The molecule has 0 aliphatic carbocycles. The van der Waals surface area contributed by atoms with Crippen LogP contribution in [0, 0.1) is 0 Å². The van der Waals surface area contributed by atoms with E-state index in [0.29, 0.717) is 22.3 Å². The summed E-state index contributed by atoms with van der Waals surface area (Å²) in [5.41, 5.74) is 0.745. The molecular formula is C9H6BrF2NO2. The van der Waals surface area contributed by atoms with Gasteiger partial charge < -0.3 is 9.15 Å². The van der Waals surface area contributed by atoms with Crippen molar-refractivity contribution in [3.8, 4) is 5.75 Å². The van der Waals surface area contributed by atoms with Crippen LogP contribution in [0.4, 0.5) is 8.78 Å². The molecule has 0 amide bonds. The molecule has 6 heteroatoms. The second-order valence-electron chi connectivity index (χ2n) is 2.72. The third-order valence-corrected chi connectivity index (χ3v) is 2.24. The van der Waals surface area contributed by atoms with Crippen molar-refractivity contribution in [2.75, 3.05) is 0 Å². The Morgan fingerprint density at radius 3 is 2.93 bits per heavy atom. The summed E-state index contributed by atoms with van der Waals surface area (Å²) in [6, 6.07) is 4.64. The number of para-hydroxylation sites is 1. The van der Waals surface area contributed by atoms with Crippen LogP contribution in [0.3, 0.4) is 0 Å². The van der Waals surface area contributed by atoms with Crippen molar-refractivity contribution in [2.45, 2.75) is 11.9 Å². The van der Waals surface area contributed by atoms with Gasteiger partial charge in [-0.1, -0.05) is 22.0 Å². The Kier molecular flexibility index (Phi) is 2.86. The van der Waals surface area contributed by atoms with Gasteiger partial charge in [-0.15, -0.1) is 0 Å². The van der Waals surface area contributed by atoms with Crippen molar-refractivity contribution in [3.63, 3.8) is 0 Å². The molecular weight excluding hydrogens is 272 g/mol. The van der Waals surface area contributed by atoms with Gasteiger partial charge in [-0.25, -0.2) is 4.98 Å². The number of hydrogen-bond acceptors (Lipinski definition) is 3. The van der Waals surface area contributed by atoms with Gasteiger partial charge in [0.15, 0.2) is 16.8 Å². The lowest BCUT2D eigenvalue weighted by Gasteiger charge is -2.02. The van der Waals surface area contributed by atoms with E-state index in [-0.39, 0.29) is 5.75 Å². The molecule has 0 saturated heterocycles. The Hall–Kier alpha value is -1.17. The SMILES string of the molecule is FC(F)Oc1cccc2oc(CBr)nc12. The first-order chi connectivity index (χ1) is 7.20. The minimum atomic E-state index is -2.86. The lowest BCUT2D eigenvalue weighted by atomic mass is 10.3. The molecule has 0 radical (unpaired) electrons. The van der Waals surface area contributed by atoms with Gasteiger partial charge in [0.05, 0.1) is 5.33 Å². The molecule has 2 aromatic rings. The highest BCUT2D eigenvalue weighted by Crippen LogP contribution is 2.27. The third kappa shape index (κ3) is 2.09. The van der Waals surface area contributed by atoms with Crippen molar-refractivity contribution in [3.05, 3.63) is 24.1 Å². The van der Waals surface area contributed by atoms with Crippen LogP contribution >= 0.6 is 15.9 Å². The predicted octanol–water partition coefficient (Wildman–Crippen LogP) is 3.32. The highest BCUT2D eigenvalue weighted by atomic mass is 79.9. The number of ether oxygens (including phenoxy) is 1. The van der Waals surface area contributed by atoms with Crippen LogP contribution in [0.2, 0.25) is 0 Å². The van der Waals surface area contributed by atoms with Gasteiger partial charge in [-0.2, -0.15) is 8.78 Å². The molecule has 0 N–H and O–H groups in total. The Balaban J connectivity index is 2.49. The average molecular weight is 278 g/mol. The van der Waals surface area contributed by atoms with E-state index in [0.717, 1.165) is 0 Å². The smallest absolute Gasteiger partial charge is 0.387 e. The van der Waals surface area contributed by atoms with Crippen LogP contribution in [0.1, 0.15) is 5.89 Å². The molecule has 0 bridgehead atoms. The fourth-order valence-corrected chi connectivity index (χ4v) is 1.46. The maximum absolute atomic E-state index is 12.0. The molecule has 0 spiro atoms. The van der Waals surface area contributed by atoms with E-state index in [1.807, 2.05) is 0 Å². The molecule has 0 aliphatic rings. The van der Waals surface area contributed by atoms with Crippen molar-refractivity contribution in [1.29, 1.82) is 0 Å². The Morgan fingerprint density at radius 1 is 1.47 bits per heavy atom. The standard InChI is InChI=1S/C9H6BrF2NO2/c10-4-7-13-8-5(14-7)2-1-3-6(8)15-9(11)12/h1-3,9H,4H2. The van der Waals surface area contributed by atoms with E-state index < -0.39 is 6.61 Å². The van der Waals surface area contributed by atoms with Crippen LogP contribution in [-0.4, -0.2) is 11.6 Å². The summed E-state index contributed by atoms with van der Waals surface area (Å²) in [6.07, 6.45) is 0. The Bertz CT molecular complexity index is 472. The van der Waals surface area contributed by atoms with E-state index in [9.17, 15) is 8.78 Å². The summed E-state index contributed by atoms with van der Waals surface area (Å²) in [6.45, 7) is -2.86. The van der Waals surface area contributed by atoms with Crippen LogP contribution in [0.15, 0.2) is 22.6 Å². The summed E-state index contributed by atoms with van der Waals surface area (Å²) in [7, 11) is 0. The summed E-state index contributed by atoms with van der Waals surface area (Å²) in [4.78, 5) is 4.01. The quantitative estimate of drug-likeness (QED) is 0.808. The summed E-state index contributed by atoms with van der Waals surface area (Å²) in [5.74, 6) is 0.453. The number of oxazole rings is 1. The molecule has 0 atom stereocenters. The van der Waals surface area contributed by atoms with Crippen molar-refractivity contribution in [1.82, 2.24) is 4.98 Å². The summed E-state index contributed by atoms with van der Waals surface area (Å²) < 4.78 is 33.7. The van der Waals surface area contributed by atoms with Crippen molar-refractivity contribution in [2.24, 2.45) is 0 Å². The molecule has 15 heavy (non-hydrogen) atoms. The minimum absolute atomic E-state index is 0.0263. The van der Waals surface area contributed by atoms with Gasteiger partial charge in [0, 0.05) is 0 Å². The van der Waals surface area contributed by atoms with Gasteiger partial charge in [0.25, 0.3) is 0 Å². The van der Waals surface area contributed by atoms with E-state index >= 15 is 0 Å². The van der Waals surface area contributed by atoms with E-state index in [1.54, 1.807) is 12.1 Å². The minimum Gasteiger partial charge on any atom is -0.440 e. The largest absolute Gasteiger partial charge is 0.440 e. The van der Waals surface area contributed by atoms with Gasteiger partial charge >= 0.3 is 6.61 Å². The molecule has 1 aromatic carbocycles. The van der Waals surface area contributed by atoms with Crippen LogP contribution in [0.25, 0.3) is 11.1 Å². The molecule has 0 fully saturated rings. The number of rotatable bonds is 3. The first kappa shape index (κ1) is 10.4. The molecule has 1 aromatic heterocycles. The highest BCUT2D eigenvalue weighted by Gasteiger charge is 2.12. The number of fused-ring (bicyclic) bond motifs is 1. The topological polar surface area (TPSA) is 35.3 Å². The number of hydrogen-bond donors (Lipinski definition) is 0. The predicted molar refractivity (Wildman–Crippen MR) is 53.3 cm³/mol. The lowest BCUT2D eigenvalue weighted by Crippen LogP contribution is -2.02. The second-order valence-corrected chi connectivity index (χ2v) is 3.28. The first-order valence-electron chi connectivity index (χ1n) is 4.10. The first-order valence-corrected chi connectivity index (χ1v) is 5.22. The van der Waals surface area contributed by atoms with Crippen LogP contribution < -0.4 is 4.74 Å². The fourth-order valence-electron chi connectivity index (χ4n) is 1.22. The van der Waals surface area contributed by atoms with E-state index in [4.69, 9.17) is 4.42 Å². The zero-order valence-corrected chi connectivity index (χ0v) is 9.00. The molecule has 3 nitrogen and oxygen atoms in total. The zero-order valence-electron chi connectivity index (χ0n) is 7.41. The molecule has 2 rings (SSSR count). The van der Waals surface area contributed by atoms with Crippen LogP contribution in [0.5, 0.6) is 5.75 Å². The van der Waals surface area contributed by atoms with Gasteiger partial charge in [0.2, 0.25) is 5.89 Å². The molecule has 80 valence electrons. The van der Waals surface area contributed by atoms with E-state index in [1.165, 1.54) is 6.07 Å². The monoisotopic (exact) mass is 277 g/mol. The zero-order chi connectivity index (χ0) is 10.8. The lowest BCUT2D eigenvalue weighted by molar-refractivity contribution is -0.0489. The number of benzene rings is 1. The number of aromatic nitrogens is 1. The summed E-state index contributed by atoms with van der Waals surface area (Å²) in [5, 5.41) is 0.426. The second kappa shape index (κ2) is 4.14. The van der Waals surface area contributed by atoms with Crippen LogP contribution in [-0.2, 0) is 5.33 Å². The maximum atomic E-state index is 12.0. The fraction of sp³-hybridized carbons (Fsp3) is 0.222. The average Bonchev–Trinajstić information content (AvgIpc) is 2.61. The Labute approximate surface area is 92.2 Å². The maximum Gasteiger partial charge on any atom is 0.387 e.